The maximum Gasteiger partial charge on any atom is 0.290 e. The summed E-state index contributed by atoms with van der Waals surface area (Å²) in [5.74, 6) is 1.45. The molecule has 0 bridgehead atoms. The topological polar surface area (TPSA) is 156 Å². The van der Waals surface area contributed by atoms with E-state index in [2.05, 4.69) is 15.1 Å². The summed E-state index contributed by atoms with van der Waals surface area (Å²) in [4.78, 5) is 39.5. The van der Waals surface area contributed by atoms with E-state index in [1.54, 1.807) is 29.6 Å². The molecule has 168 valence electrons. The zero-order valence-electron chi connectivity index (χ0n) is 17.2. The predicted octanol–water partition coefficient (Wildman–Crippen LogP) is 1.95. The molecule has 0 spiro atoms. The highest BCUT2D eigenvalue weighted by Gasteiger charge is 2.27. The van der Waals surface area contributed by atoms with Crippen molar-refractivity contribution >= 4 is 18.9 Å². The fourth-order valence-electron chi connectivity index (χ4n) is 2.91. The van der Waals surface area contributed by atoms with Crippen LogP contribution in [-0.2, 0) is 29.2 Å². The molecule has 0 saturated heterocycles. The third-order valence-corrected chi connectivity index (χ3v) is 4.36. The summed E-state index contributed by atoms with van der Waals surface area (Å²) < 4.78 is 11.1. The van der Waals surface area contributed by atoms with Gasteiger partial charge < -0.3 is 24.4 Å². The van der Waals surface area contributed by atoms with Crippen LogP contribution in [0.2, 0.25) is 0 Å². The van der Waals surface area contributed by atoms with Gasteiger partial charge in [0, 0.05) is 36.6 Å². The highest BCUT2D eigenvalue weighted by atomic mass is 16.5. The second kappa shape index (κ2) is 12.4. The lowest BCUT2D eigenvalue weighted by molar-refractivity contribution is -0.123. The Morgan fingerprint density at radius 1 is 1.22 bits per heavy atom. The van der Waals surface area contributed by atoms with Crippen molar-refractivity contribution in [1.82, 2.24) is 20.0 Å². The first-order valence-corrected chi connectivity index (χ1v) is 9.40. The van der Waals surface area contributed by atoms with Crippen molar-refractivity contribution in [2.24, 2.45) is 0 Å². The average Bonchev–Trinajstić information content (AvgIpc) is 3.22. The molecular weight excluding hydrogens is 420 g/mol. The number of hydrogen-bond acceptors (Lipinski definition) is 8. The van der Waals surface area contributed by atoms with Crippen LogP contribution in [0.5, 0.6) is 5.75 Å². The number of aromatic nitrogens is 3. The molecule has 2 N–H and O–H groups in total. The molecule has 1 aliphatic heterocycles. The number of amides is 1. The van der Waals surface area contributed by atoms with Crippen LogP contribution in [0.15, 0.2) is 47.4 Å². The van der Waals surface area contributed by atoms with E-state index < -0.39 is 0 Å². The molecule has 0 radical (unpaired) electrons. The number of carbonyl (C=O) groups is 3. The van der Waals surface area contributed by atoms with Crippen molar-refractivity contribution in [3.8, 4) is 5.75 Å². The molecule has 0 fully saturated rings. The molecule has 0 aliphatic carbocycles. The lowest BCUT2D eigenvalue weighted by atomic mass is 10.1. The Morgan fingerprint density at radius 2 is 1.97 bits per heavy atom. The van der Waals surface area contributed by atoms with Crippen LogP contribution in [0.3, 0.4) is 0 Å². The van der Waals surface area contributed by atoms with Gasteiger partial charge in [-0.15, -0.1) is 0 Å². The zero-order valence-corrected chi connectivity index (χ0v) is 17.2. The molecule has 0 saturated carbocycles. The van der Waals surface area contributed by atoms with Crippen LogP contribution < -0.4 is 4.74 Å². The van der Waals surface area contributed by atoms with Gasteiger partial charge in [-0.25, -0.2) is 0 Å². The summed E-state index contributed by atoms with van der Waals surface area (Å²) in [5, 5.41) is 17.9. The second-order valence-electron chi connectivity index (χ2n) is 6.38. The zero-order chi connectivity index (χ0) is 23.3. The lowest BCUT2D eigenvalue weighted by Crippen LogP contribution is -2.36. The highest BCUT2D eigenvalue weighted by molar-refractivity contribution is 5.94. The number of pyridine rings is 2. The van der Waals surface area contributed by atoms with Gasteiger partial charge in [-0.2, -0.15) is 0 Å². The average molecular weight is 442 g/mol. The first-order chi connectivity index (χ1) is 15.5. The van der Waals surface area contributed by atoms with Gasteiger partial charge in [-0.3, -0.25) is 24.4 Å². The third-order valence-electron chi connectivity index (χ3n) is 4.36. The maximum atomic E-state index is 12.7. The Morgan fingerprint density at radius 3 is 2.59 bits per heavy atom. The summed E-state index contributed by atoms with van der Waals surface area (Å²) in [6.07, 6.45) is 5.59. The Labute approximate surface area is 183 Å². The van der Waals surface area contributed by atoms with E-state index in [0.717, 1.165) is 17.0 Å². The third kappa shape index (κ3) is 6.62. The molecule has 0 unspecified atom stereocenters. The Balaban J connectivity index is 0.000000547. The van der Waals surface area contributed by atoms with E-state index in [1.807, 2.05) is 25.1 Å². The predicted molar refractivity (Wildman–Crippen MR) is 110 cm³/mol. The Bertz CT molecular complexity index is 1000. The fraction of sp³-hybridized carbons (Fsp3) is 0.238. The highest BCUT2D eigenvalue weighted by Crippen LogP contribution is 2.24. The van der Waals surface area contributed by atoms with E-state index in [-0.39, 0.29) is 25.5 Å². The molecule has 4 heterocycles. The number of nitrogens with zero attached hydrogens (tertiary/aromatic N) is 4. The maximum absolute atomic E-state index is 12.7. The largest absolute Gasteiger partial charge is 0.486 e. The molecule has 1 aliphatic rings. The van der Waals surface area contributed by atoms with E-state index in [9.17, 15) is 4.79 Å². The van der Waals surface area contributed by atoms with Gasteiger partial charge in [-0.1, -0.05) is 5.16 Å². The van der Waals surface area contributed by atoms with Crippen molar-refractivity contribution in [1.29, 1.82) is 0 Å². The van der Waals surface area contributed by atoms with Crippen molar-refractivity contribution < 1.29 is 33.9 Å². The van der Waals surface area contributed by atoms with Crippen LogP contribution in [0.1, 0.15) is 33.1 Å². The molecule has 11 nitrogen and oxygen atoms in total. The molecule has 3 aromatic heterocycles. The van der Waals surface area contributed by atoms with Crippen LogP contribution in [0.4, 0.5) is 0 Å². The lowest BCUT2D eigenvalue weighted by Gasteiger charge is -2.26. The molecule has 3 aromatic rings. The second-order valence-corrected chi connectivity index (χ2v) is 6.38. The molecule has 32 heavy (non-hydrogen) atoms. The summed E-state index contributed by atoms with van der Waals surface area (Å²) >= 11 is 0. The van der Waals surface area contributed by atoms with Gasteiger partial charge in [0.25, 0.3) is 18.9 Å². The molecule has 11 heteroatoms. The normalized spacial score (nSPS) is 11.6. The summed E-state index contributed by atoms with van der Waals surface area (Å²) in [6.45, 7) is 2.72. The standard InChI is InChI=1S/C19H18N4O3.2CH2O2/c1-13-4-5-14(9-21-13)19(24)23-8-6-18-16(11-23)17(22-26-18)12-25-15-3-2-7-20-10-15;2*2-1-3/h2-5,7,9-10H,6,8,11-12H2,1H3;2*1H,(H,2,3). The number of hydrogen-bond donors (Lipinski definition) is 2. The van der Waals surface area contributed by atoms with Crippen LogP contribution in [-0.4, -0.2) is 55.6 Å². The molecule has 0 aromatic carbocycles. The van der Waals surface area contributed by atoms with Crippen molar-refractivity contribution in [2.75, 3.05) is 6.54 Å². The minimum absolute atomic E-state index is 0.0384. The smallest absolute Gasteiger partial charge is 0.290 e. The number of carboxylic acid groups (broad SMARTS) is 2. The number of fused-ring (bicyclic) bond motifs is 1. The first kappa shape index (κ1) is 24.0. The van der Waals surface area contributed by atoms with E-state index in [0.29, 0.717) is 36.5 Å². The molecule has 1 amide bonds. The Hall–Kier alpha value is -4.28. The van der Waals surface area contributed by atoms with Gasteiger partial charge in [0.1, 0.15) is 23.8 Å². The SMILES string of the molecule is Cc1ccc(C(=O)N2CCc3onc(COc4cccnc4)c3C2)cn1.O=CO.O=CO. The van der Waals surface area contributed by atoms with Gasteiger partial charge in [-0.05, 0) is 31.2 Å². The summed E-state index contributed by atoms with van der Waals surface area (Å²) in [5.41, 5.74) is 3.11. The molecule has 0 atom stereocenters. The number of ether oxygens (including phenoxy) is 1. The number of rotatable bonds is 4. The van der Waals surface area contributed by atoms with Gasteiger partial charge in [0.05, 0.1) is 18.3 Å². The van der Waals surface area contributed by atoms with Crippen molar-refractivity contribution in [3.63, 3.8) is 0 Å². The van der Waals surface area contributed by atoms with Crippen LogP contribution in [0, 0.1) is 6.92 Å². The quantitative estimate of drug-likeness (QED) is 0.572. The van der Waals surface area contributed by atoms with Crippen molar-refractivity contribution in [2.45, 2.75) is 26.5 Å². The molecule has 4 rings (SSSR count). The van der Waals surface area contributed by atoms with Crippen molar-refractivity contribution in [3.05, 3.63) is 71.1 Å². The van der Waals surface area contributed by atoms with Gasteiger partial charge >= 0.3 is 0 Å². The summed E-state index contributed by atoms with van der Waals surface area (Å²) in [7, 11) is 0. The minimum atomic E-state index is -0.250. The monoisotopic (exact) mass is 442 g/mol. The van der Waals surface area contributed by atoms with Crippen LogP contribution >= 0.6 is 0 Å². The minimum Gasteiger partial charge on any atom is -0.486 e. The number of aryl methyl sites for hydroxylation is 1. The number of carbonyl (C=O) groups excluding carboxylic acids is 1. The van der Waals surface area contributed by atoms with E-state index in [1.165, 1.54) is 0 Å². The summed E-state index contributed by atoms with van der Waals surface area (Å²) in [6, 6.07) is 7.29. The molecular formula is C21H22N4O7. The Kier molecular flexibility index (Phi) is 9.31. The van der Waals surface area contributed by atoms with E-state index >= 15 is 0 Å². The van der Waals surface area contributed by atoms with Gasteiger partial charge in [0.15, 0.2) is 0 Å². The van der Waals surface area contributed by atoms with E-state index in [4.69, 9.17) is 29.1 Å². The van der Waals surface area contributed by atoms with Crippen LogP contribution in [0.25, 0.3) is 0 Å². The fourth-order valence-corrected chi connectivity index (χ4v) is 2.91. The first-order valence-electron chi connectivity index (χ1n) is 9.40. The van der Waals surface area contributed by atoms with Gasteiger partial charge in [0.2, 0.25) is 0 Å².